The van der Waals surface area contributed by atoms with Gasteiger partial charge >= 0.3 is 0 Å². The minimum Gasteiger partial charge on any atom is -0.495 e. The minimum atomic E-state index is -0.271. The lowest BCUT2D eigenvalue weighted by molar-refractivity contribution is 0.102. The van der Waals surface area contributed by atoms with Gasteiger partial charge in [-0.3, -0.25) is 4.79 Å². The topological polar surface area (TPSA) is 76.2 Å². The van der Waals surface area contributed by atoms with Gasteiger partial charge in [0.1, 0.15) is 17.3 Å². The standard InChI is InChI=1S/C17H16ClN3O3/c1-9-19-12-5-4-10(6-13(12)20-9)17(22)21-14-8-15(23-2)11(18)7-16(14)24-3/h4-8H,1-3H3,(H,19,20)(H,21,22). The number of ether oxygens (including phenoxy) is 2. The molecule has 124 valence electrons. The summed E-state index contributed by atoms with van der Waals surface area (Å²) < 4.78 is 10.4. The van der Waals surface area contributed by atoms with Gasteiger partial charge < -0.3 is 19.8 Å². The second-order valence-electron chi connectivity index (χ2n) is 5.20. The molecule has 0 fully saturated rings. The summed E-state index contributed by atoms with van der Waals surface area (Å²) in [6.45, 7) is 1.87. The summed E-state index contributed by atoms with van der Waals surface area (Å²) in [4.78, 5) is 20.0. The monoisotopic (exact) mass is 345 g/mol. The fourth-order valence-corrected chi connectivity index (χ4v) is 2.66. The number of amides is 1. The van der Waals surface area contributed by atoms with Gasteiger partial charge in [-0.2, -0.15) is 0 Å². The van der Waals surface area contributed by atoms with Crippen molar-refractivity contribution in [3.8, 4) is 11.5 Å². The Labute approximate surface area is 143 Å². The van der Waals surface area contributed by atoms with Gasteiger partial charge in [0.25, 0.3) is 5.91 Å². The molecule has 2 N–H and O–H groups in total. The highest BCUT2D eigenvalue weighted by Crippen LogP contribution is 2.36. The molecule has 1 aromatic heterocycles. The smallest absolute Gasteiger partial charge is 0.255 e. The summed E-state index contributed by atoms with van der Waals surface area (Å²) in [6.07, 6.45) is 0. The van der Waals surface area contributed by atoms with E-state index < -0.39 is 0 Å². The van der Waals surface area contributed by atoms with Gasteiger partial charge in [0, 0.05) is 17.7 Å². The predicted octanol–water partition coefficient (Wildman–Crippen LogP) is 3.79. The Balaban J connectivity index is 1.92. The zero-order valence-corrected chi connectivity index (χ0v) is 14.2. The van der Waals surface area contributed by atoms with Gasteiger partial charge in [-0.1, -0.05) is 11.6 Å². The number of H-pyrrole nitrogens is 1. The van der Waals surface area contributed by atoms with Crippen LogP contribution in [0.4, 0.5) is 5.69 Å². The van der Waals surface area contributed by atoms with Crippen LogP contribution < -0.4 is 14.8 Å². The van der Waals surface area contributed by atoms with Gasteiger partial charge in [-0.15, -0.1) is 0 Å². The number of anilines is 1. The van der Waals surface area contributed by atoms with Crippen molar-refractivity contribution in [2.75, 3.05) is 19.5 Å². The van der Waals surface area contributed by atoms with Crippen molar-refractivity contribution in [3.05, 3.63) is 46.7 Å². The molecule has 0 saturated carbocycles. The third kappa shape index (κ3) is 3.00. The number of benzene rings is 2. The van der Waals surface area contributed by atoms with Crippen molar-refractivity contribution in [1.29, 1.82) is 0 Å². The number of carbonyl (C=O) groups excluding carboxylic acids is 1. The van der Waals surface area contributed by atoms with Crippen molar-refractivity contribution >= 4 is 34.2 Å². The lowest BCUT2D eigenvalue weighted by atomic mass is 10.1. The molecule has 0 aliphatic rings. The van der Waals surface area contributed by atoms with Crippen LogP contribution >= 0.6 is 11.6 Å². The maximum Gasteiger partial charge on any atom is 0.255 e. The van der Waals surface area contributed by atoms with E-state index in [4.69, 9.17) is 21.1 Å². The number of fused-ring (bicyclic) bond motifs is 1. The number of aromatic amines is 1. The molecule has 3 rings (SSSR count). The number of nitrogens with zero attached hydrogens (tertiary/aromatic N) is 1. The molecule has 6 nitrogen and oxygen atoms in total. The molecule has 0 saturated heterocycles. The molecule has 3 aromatic rings. The van der Waals surface area contributed by atoms with E-state index in [0.29, 0.717) is 27.8 Å². The zero-order chi connectivity index (χ0) is 17.3. The summed E-state index contributed by atoms with van der Waals surface area (Å²) in [7, 11) is 3.01. The van der Waals surface area contributed by atoms with Crippen LogP contribution in [-0.2, 0) is 0 Å². The number of aromatic nitrogens is 2. The molecule has 0 spiro atoms. The van der Waals surface area contributed by atoms with Gasteiger partial charge in [-0.05, 0) is 25.1 Å². The summed E-state index contributed by atoms with van der Waals surface area (Å²) in [5.41, 5.74) is 2.60. The molecule has 0 atom stereocenters. The molecule has 2 aromatic carbocycles. The highest BCUT2D eigenvalue weighted by atomic mass is 35.5. The summed E-state index contributed by atoms with van der Waals surface area (Å²) in [5.74, 6) is 1.43. The first-order chi connectivity index (χ1) is 11.5. The Kier molecular flexibility index (Phi) is 4.31. The molecule has 0 radical (unpaired) electrons. The number of nitrogens with one attached hydrogen (secondary N) is 2. The number of imidazole rings is 1. The molecule has 1 heterocycles. The number of methoxy groups -OCH3 is 2. The van der Waals surface area contributed by atoms with Crippen LogP contribution in [0.5, 0.6) is 11.5 Å². The molecule has 0 unspecified atom stereocenters. The van der Waals surface area contributed by atoms with Crippen molar-refractivity contribution in [2.24, 2.45) is 0 Å². The van der Waals surface area contributed by atoms with Crippen molar-refractivity contribution < 1.29 is 14.3 Å². The van der Waals surface area contributed by atoms with E-state index in [1.54, 1.807) is 30.3 Å². The number of rotatable bonds is 4. The second kappa shape index (κ2) is 6.41. The molecule has 7 heteroatoms. The highest BCUT2D eigenvalue weighted by molar-refractivity contribution is 6.32. The van der Waals surface area contributed by atoms with E-state index in [2.05, 4.69) is 15.3 Å². The Bertz CT molecular complexity index is 921. The Morgan fingerprint density at radius 2 is 1.92 bits per heavy atom. The minimum absolute atomic E-state index is 0.271. The average molecular weight is 346 g/mol. The molecule has 1 amide bonds. The third-order valence-corrected chi connectivity index (χ3v) is 3.88. The predicted molar refractivity (Wildman–Crippen MR) is 93.3 cm³/mol. The second-order valence-corrected chi connectivity index (χ2v) is 5.60. The number of hydrogen-bond acceptors (Lipinski definition) is 4. The van der Waals surface area contributed by atoms with Gasteiger partial charge in [0.2, 0.25) is 0 Å². The van der Waals surface area contributed by atoms with Crippen molar-refractivity contribution in [3.63, 3.8) is 0 Å². The lowest BCUT2D eigenvalue weighted by Crippen LogP contribution is -2.12. The first kappa shape index (κ1) is 16.1. The highest BCUT2D eigenvalue weighted by Gasteiger charge is 2.14. The van der Waals surface area contributed by atoms with Gasteiger partial charge in [0.15, 0.2) is 0 Å². The van der Waals surface area contributed by atoms with Crippen LogP contribution in [0, 0.1) is 6.92 Å². The molecular weight excluding hydrogens is 330 g/mol. The van der Waals surface area contributed by atoms with Gasteiger partial charge in [-0.25, -0.2) is 4.98 Å². The molecule has 24 heavy (non-hydrogen) atoms. The Hall–Kier alpha value is -2.73. The number of aryl methyl sites for hydroxylation is 1. The van der Waals surface area contributed by atoms with Crippen molar-refractivity contribution in [1.82, 2.24) is 9.97 Å². The Morgan fingerprint density at radius 3 is 2.62 bits per heavy atom. The van der Waals surface area contributed by atoms with Crippen LogP contribution in [-0.4, -0.2) is 30.1 Å². The van der Waals surface area contributed by atoms with Crippen LogP contribution in [0.2, 0.25) is 5.02 Å². The van der Waals surface area contributed by atoms with E-state index in [1.807, 2.05) is 6.92 Å². The number of hydrogen-bond donors (Lipinski definition) is 2. The lowest BCUT2D eigenvalue weighted by Gasteiger charge is -2.13. The first-order valence-electron chi connectivity index (χ1n) is 7.21. The van der Waals surface area contributed by atoms with Crippen LogP contribution in [0.15, 0.2) is 30.3 Å². The van der Waals surface area contributed by atoms with E-state index in [-0.39, 0.29) is 5.91 Å². The normalized spacial score (nSPS) is 10.7. The van der Waals surface area contributed by atoms with E-state index in [0.717, 1.165) is 16.9 Å². The SMILES string of the molecule is COc1cc(NC(=O)c2ccc3nc(C)[nH]c3c2)c(OC)cc1Cl. The van der Waals surface area contributed by atoms with E-state index in [9.17, 15) is 4.79 Å². The van der Waals surface area contributed by atoms with E-state index in [1.165, 1.54) is 14.2 Å². The largest absolute Gasteiger partial charge is 0.495 e. The van der Waals surface area contributed by atoms with E-state index >= 15 is 0 Å². The zero-order valence-electron chi connectivity index (χ0n) is 13.4. The van der Waals surface area contributed by atoms with Crippen molar-refractivity contribution in [2.45, 2.75) is 6.92 Å². The van der Waals surface area contributed by atoms with Crippen LogP contribution in [0.1, 0.15) is 16.2 Å². The molecular formula is C17H16ClN3O3. The van der Waals surface area contributed by atoms with Gasteiger partial charge in [0.05, 0.1) is 36.0 Å². The third-order valence-electron chi connectivity index (χ3n) is 3.58. The maximum atomic E-state index is 12.5. The first-order valence-corrected chi connectivity index (χ1v) is 7.59. The summed E-state index contributed by atoms with van der Waals surface area (Å²) in [5, 5.41) is 3.22. The fourth-order valence-electron chi connectivity index (χ4n) is 2.43. The number of halogens is 1. The maximum absolute atomic E-state index is 12.5. The average Bonchev–Trinajstić information content (AvgIpc) is 2.94. The quantitative estimate of drug-likeness (QED) is 0.754. The number of carbonyl (C=O) groups is 1. The fraction of sp³-hybridized carbons (Fsp3) is 0.176. The molecule has 0 aliphatic carbocycles. The summed E-state index contributed by atoms with van der Waals surface area (Å²) >= 11 is 6.07. The molecule has 0 bridgehead atoms. The van der Waals surface area contributed by atoms with Crippen LogP contribution in [0.25, 0.3) is 11.0 Å². The molecule has 0 aliphatic heterocycles. The van der Waals surface area contributed by atoms with Crippen LogP contribution in [0.3, 0.4) is 0 Å². The summed E-state index contributed by atoms with van der Waals surface area (Å²) in [6, 6.07) is 8.49. The Morgan fingerprint density at radius 1 is 1.17 bits per heavy atom.